The average molecular weight is 262 g/mol. The van der Waals surface area contributed by atoms with Gasteiger partial charge in [0, 0.05) is 4.47 Å². The molecule has 0 spiro atoms. The number of aliphatic hydroxyl groups excluding tert-OH is 1. The van der Waals surface area contributed by atoms with Crippen LogP contribution in [0.2, 0.25) is 0 Å². The zero-order valence-electron chi connectivity index (χ0n) is 7.26. The Morgan fingerprint density at radius 3 is 3.14 bits per heavy atom. The minimum absolute atomic E-state index is 0.123. The first-order chi connectivity index (χ1) is 6.70. The molecule has 0 aliphatic carbocycles. The predicted octanol–water partition coefficient (Wildman–Crippen LogP) is 1.75. The fourth-order valence-corrected chi connectivity index (χ4v) is 1.78. The molecule has 3 nitrogen and oxygen atoms in total. The molecule has 0 aromatic heterocycles. The van der Waals surface area contributed by atoms with E-state index in [1.54, 1.807) is 6.07 Å². The number of halogens is 2. The lowest BCUT2D eigenvalue weighted by atomic mass is 10.2. The molecule has 2 rings (SSSR count). The average Bonchev–Trinajstić information content (AvgIpc) is 2.17. The standard InChI is InChI=1S/C9H9BrFNO2/c10-5-1-7(11)9-8(2-5)12-3-6(4-13)14-9/h1-2,6,12-13H,3-4H2. The first-order valence-corrected chi connectivity index (χ1v) is 5.00. The van der Waals surface area contributed by atoms with Gasteiger partial charge in [0.1, 0.15) is 6.10 Å². The number of rotatable bonds is 1. The summed E-state index contributed by atoms with van der Waals surface area (Å²) in [4.78, 5) is 0. The summed E-state index contributed by atoms with van der Waals surface area (Å²) in [5.74, 6) is -0.251. The van der Waals surface area contributed by atoms with Crippen LogP contribution in [0.3, 0.4) is 0 Å². The fourth-order valence-electron chi connectivity index (χ4n) is 1.35. The third kappa shape index (κ3) is 1.69. The van der Waals surface area contributed by atoms with E-state index in [9.17, 15) is 4.39 Å². The van der Waals surface area contributed by atoms with Crippen LogP contribution in [0.25, 0.3) is 0 Å². The molecule has 1 aliphatic rings. The van der Waals surface area contributed by atoms with Crippen LogP contribution in [0.5, 0.6) is 5.75 Å². The maximum Gasteiger partial charge on any atom is 0.178 e. The Morgan fingerprint density at radius 2 is 2.43 bits per heavy atom. The highest BCUT2D eigenvalue weighted by molar-refractivity contribution is 9.10. The van der Waals surface area contributed by atoms with Crippen molar-refractivity contribution in [1.82, 2.24) is 0 Å². The van der Waals surface area contributed by atoms with Crippen molar-refractivity contribution >= 4 is 21.6 Å². The summed E-state index contributed by atoms with van der Waals surface area (Å²) in [6, 6.07) is 3.08. The van der Waals surface area contributed by atoms with E-state index in [1.165, 1.54) is 6.07 Å². The Hall–Kier alpha value is -0.810. The summed E-state index contributed by atoms with van der Waals surface area (Å²) in [7, 11) is 0. The Morgan fingerprint density at radius 1 is 1.64 bits per heavy atom. The molecule has 2 N–H and O–H groups in total. The van der Waals surface area contributed by atoms with E-state index < -0.39 is 5.82 Å². The Labute approximate surface area is 89.0 Å². The molecule has 0 bridgehead atoms. The molecule has 76 valence electrons. The zero-order chi connectivity index (χ0) is 10.1. The summed E-state index contributed by atoms with van der Waals surface area (Å²) >= 11 is 3.19. The van der Waals surface area contributed by atoms with Crippen LogP contribution >= 0.6 is 15.9 Å². The van der Waals surface area contributed by atoms with Gasteiger partial charge in [0.05, 0.1) is 18.8 Å². The van der Waals surface area contributed by atoms with Gasteiger partial charge >= 0.3 is 0 Å². The van der Waals surface area contributed by atoms with E-state index in [0.29, 0.717) is 16.7 Å². The summed E-state index contributed by atoms with van der Waals surface area (Å²) in [5.41, 5.74) is 0.613. The SMILES string of the molecule is OCC1CNc2cc(Br)cc(F)c2O1. The lowest BCUT2D eigenvalue weighted by Crippen LogP contribution is -2.34. The van der Waals surface area contributed by atoms with Crippen molar-refractivity contribution in [2.24, 2.45) is 0 Å². The third-order valence-electron chi connectivity index (χ3n) is 2.02. The van der Waals surface area contributed by atoms with Crippen LogP contribution in [0.1, 0.15) is 0 Å². The van der Waals surface area contributed by atoms with Gasteiger partial charge < -0.3 is 15.2 Å². The van der Waals surface area contributed by atoms with Crippen LogP contribution in [0.15, 0.2) is 16.6 Å². The van der Waals surface area contributed by atoms with E-state index in [1.807, 2.05) is 0 Å². The van der Waals surface area contributed by atoms with Crippen molar-refractivity contribution in [1.29, 1.82) is 0 Å². The maximum atomic E-state index is 13.4. The van der Waals surface area contributed by atoms with Crippen molar-refractivity contribution < 1.29 is 14.2 Å². The molecular weight excluding hydrogens is 253 g/mol. The largest absolute Gasteiger partial charge is 0.481 e. The quantitative estimate of drug-likeness (QED) is 0.810. The second-order valence-corrected chi connectivity index (χ2v) is 3.98. The maximum absolute atomic E-state index is 13.4. The van der Waals surface area contributed by atoms with E-state index in [4.69, 9.17) is 9.84 Å². The number of benzene rings is 1. The highest BCUT2D eigenvalue weighted by Crippen LogP contribution is 2.34. The van der Waals surface area contributed by atoms with Gasteiger partial charge in [-0.3, -0.25) is 0 Å². The third-order valence-corrected chi connectivity index (χ3v) is 2.47. The first-order valence-electron chi connectivity index (χ1n) is 4.21. The molecule has 14 heavy (non-hydrogen) atoms. The number of ether oxygens (including phenoxy) is 1. The fraction of sp³-hybridized carbons (Fsp3) is 0.333. The Kier molecular flexibility index (Phi) is 2.60. The number of aliphatic hydroxyl groups is 1. The van der Waals surface area contributed by atoms with E-state index in [0.717, 1.165) is 0 Å². The zero-order valence-corrected chi connectivity index (χ0v) is 8.84. The molecule has 1 atom stereocenters. The van der Waals surface area contributed by atoms with Gasteiger partial charge in [-0.1, -0.05) is 15.9 Å². The van der Waals surface area contributed by atoms with Crippen molar-refractivity contribution in [3.8, 4) is 5.75 Å². The molecule has 0 radical (unpaired) electrons. The van der Waals surface area contributed by atoms with E-state index >= 15 is 0 Å². The van der Waals surface area contributed by atoms with Crippen LogP contribution in [0.4, 0.5) is 10.1 Å². The highest BCUT2D eigenvalue weighted by atomic mass is 79.9. The predicted molar refractivity (Wildman–Crippen MR) is 54.1 cm³/mol. The minimum atomic E-state index is -0.431. The Balaban J connectivity index is 2.37. The molecule has 1 aromatic rings. The van der Waals surface area contributed by atoms with Gasteiger partial charge in [-0.2, -0.15) is 0 Å². The number of nitrogens with one attached hydrogen (secondary N) is 1. The van der Waals surface area contributed by atoms with Crippen LogP contribution < -0.4 is 10.1 Å². The van der Waals surface area contributed by atoms with Crippen molar-refractivity contribution in [3.63, 3.8) is 0 Å². The number of fused-ring (bicyclic) bond motifs is 1. The van der Waals surface area contributed by atoms with Crippen LogP contribution in [0, 0.1) is 5.82 Å². The molecule has 1 aliphatic heterocycles. The molecular formula is C9H9BrFNO2. The van der Waals surface area contributed by atoms with Crippen LogP contribution in [-0.4, -0.2) is 24.4 Å². The van der Waals surface area contributed by atoms with Gasteiger partial charge in [-0.05, 0) is 12.1 Å². The summed E-state index contributed by atoms with van der Waals surface area (Å²) < 4.78 is 19.3. The topological polar surface area (TPSA) is 41.5 Å². The second kappa shape index (κ2) is 3.74. The summed E-state index contributed by atoms with van der Waals surface area (Å²) in [6.07, 6.45) is -0.377. The van der Waals surface area contributed by atoms with Crippen molar-refractivity contribution in [2.75, 3.05) is 18.5 Å². The second-order valence-electron chi connectivity index (χ2n) is 3.07. The number of hydrogen-bond donors (Lipinski definition) is 2. The van der Waals surface area contributed by atoms with Gasteiger partial charge in [-0.25, -0.2) is 4.39 Å². The van der Waals surface area contributed by atoms with Gasteiger partial charge in [0.25, 0.3) is 0 Å². The highest BCUT2D eigenvalue weighted by Gasteiger charge is 2.22. The molecule has 1 heterocycles. The molecule has 0 fully saturated rings. The van der Waals surface area contributed by atoms with E-state index in [-0.39, 0.29) is 18.5 Å². The lowest BCUT2D eigenvalue weighted by molar-refractivity contribution is 0.115. The van der Waals surface area contributed by atoms with Crippen molar-refractivity contribution in [3.05, 3.63) is 22.4 Å². The monoisotopic (exact) mass is 261 g/mol. The molecule has 5 heteroatoms. The molecule has 0 saturated heterocycles. The lowest BCUT2D eigenvalue weighted by Gasteiger charge is -2.26. The summed E-state index contributed by atoms with van der Waals surface area (Å²) in [5, 5.41) is 11.9. The normalized spacial score (nSPS) is 19.5. The van der Waals surface area contributed by atoms with Gasteiger partial charge in [0.15, 0.2) is 11.6 Å². The number of anilines is 1. The first kappa shape index (κ1) is 9.73. The molecule has 0 saturated carbocycles. The van der Waals surface area contributed by atoms with Crippen LogP contribution in [-0.2, 0) is 0 Å². The van der Waals surface area contributed by atoms with E-state index in [2.05, 4.69) is 21.2 Å². The molecule has 0 amide bonds. The van der Waals surface area contributed by atoms with Gasteiger partial charge in [-0.15, -0.1) is 0 Å². The summed E-state index contributed by atoms with van der Waals surface area (Å²) in [6.45, 7) is 0.362. The van der Waals surface area contributed by atoms with Crippen molar-refractivity contribution in [2.45, 2.75) is 6.10 Å². The minimum Gasteiger partial charge on any atom is -0.481 e. The molecule has 1 unspecified atom stereocenters. The number of hydrogen-bond acceptors (Lipinski definition) is 3. The molecule has 1 aromatic carbocycles. The smallest absolute Gasteiger partial charge is 0.178 e. The Bertz CT molecular complexity index is 359. The van der Waals surface area contributed by atoms with Gasteiger partial charge in [0.2, 0.25) is 0 Å².